The van der Waals surface area contributed by atoms with Crippen molar-refractivity contribution in [3.63, 3.8) is 0 Å². The highest BCUT2D eigenvalue weighted by Crippen LogP contribution is 2.39. The molecule has 0 amide bonds. The molecule has 0 bridgehead atoms. The number of benzene rings is 2. The second-order valence-electron chi connectivity index (χ2n) is 11.6. The van der Waals surface area contributed by atoms with Crippen LogP contribution in [0.15, 0.2) is 42.6 Å². The third kappa shape index (κ3) is 3.33. The van der Waals surface area contributed by atoms with Gasteiger partial charge in [0.15, 0.2) is 0 Å². The number of hydrogen-bond acceptors (Lipinski definition) is 1. The van der Waals surface area contributed by atoms with Crippen molar-refractivity contribution in [2.45, 2.75) is 78.6 Å². The van der Waals surface area contributed by atoms with Gasteiger partial charge in [0.25, 0.3) is 0 Å². The van der Waals surface area contributed by atoms with E-state index >= 15 is 0 Å². The Labute approximate surface area is 174 Å². The molecule has 2 aromatic carbocycles. The molecule has 2 nitrogen and oxygen atoms in total. The average molecular weight is 387 g/mol. The molecule has 4 rings (SSSR count). The first kappa shape index (κ1) is 19.9. The SMILES string of the molecule is CC(C)(C)c1ccc2c(c1)cc(C(C)(C)C)c1c2nn2ccc(C(C)(C)C)cc12. The summed E-state index contributed by atoms with van der Waals surface area (Å²) < 4.78 is 2.06. The summed E-state index contributed by atoms with van der Waals surface area (Å²) in [6.45, 7) is 20.5. The predicted molar refractivity (Wildman–Crippen MR) is 126 cm³/mol. The third-order valence-electron chi connectivity index (χ3n) is 6.05. The van der Waals surface area contributed by atoms with E-state index in [0.717, 1.165) is 5.52 Å². The van der Waals surface area contributed by atoms with E-state index in [4.69, 9.17) is 5.10 Å². The van der Waals surface area contributed by atoms with Crippen LogP contribution in [-0.4, -0.2) is 9.61 Å². The maximum absolute atomic E-state index is 5.05. The van der Waals surface area contributed by atoms with Crippen molar-refractivity contribution in [3.05, 3.63) is 59.3 Å². The van der Waals surface area contributed by atoms with E-state index in [9.17, 15) is 0 Å². The lowest BCUT2D eigenvalue weighted by Crippen LogP contribution is -2.13. The van der Waals surface area contributed by atoms with Gasteiger partial charge >= 0.3 is 0 Å². The molecular formula is C27H34N2. The predicted octanol–water partition coefficient (Wildman–Crippen LogP) is 7.53. The van der Waals surface area contributed by atoms with Gasteiger partial charge in [-0.2, -0.15) is 5.10 Å². The minimum atomic E-state index is 0.0332. The van der Waals surface area contributed by atoms with Crippen LogP contribution in [0.2, 0.25) is 0 Å². The van der Waals surface area contributed by atoms with Crippen LogP contribution in [0.1, 0.15) is 79.0 Å². The smallest absolute Gasteiger partial charge is 0.101 e. The Hall–Kier alpha value is -2.35. The first-order chi connectivity index (χ1) is 13.3. The van der Waals surface area contributed by atoms with Crippen LogP contribution in [0.4, 0.5) is 0 Å². The van der Waals surface area contributed by atoms with E-state index in [1.807, 2.05) is 0 Å². The first-order valence-corrected chi connectivity index (χ1v) is 10.7. The molecular weight excluding hydrogens is 352 g/mol. The van der Waals surface area contributed by atoms with Gasteiger partial charge in [-0.25, -0.2) is 4.52 Å². The van der Waals surface area contributed by atoms with Crippen molar-refractivity contribution < 1.29 is 0 Å². The van der Waals surface area contributed by atoms with Gasteiger partial charge in [-0.3, -0.25) is 0 Å². The Morgan fingerprint density at radius 1 is 0.690 bits per heavy atom. The van der Waals surface area contributed by atoms with Gasteiger partial charge in [-0.1, -0.05) is 80.5 Å². The topological polar surface area (TPSA) is 17.3 Å². The Balaban J connectivity index is 2.17. The Kier molecular flexibility index (Phi) is 4.18. The second-order valence-corrected chi connectivity index (χ2v) is 11.6. The molecule has 0 unspecified atom stereocenters. The minimum absolute atomic E-state index is 0.0332. The molecule has 0 spiro atoms. The minimum Gasteiger partial charge on any atom is -0.240 e. The van der Waals surface area contributed by atoms with Crippen molar-refractivity contribution in [1.29, 1.82) is 0 Å². The lowest BCUT2D eigenvalue weighted by Gasteiger charge is -2.23. The fourth-order valence-corrected chi connectivity index (χ4v) is 4.15. The summed E-state index contributed by atoms with van der Waals surface area (Å²) >= 11 is 0. The number of rotatable bonds is 0. The molecule has 0 fully saturated rings. The highest BCUT2D eigenvalue weighted by atomic mass is 15.2. The summed E-state index contributed by atoms with van der Waals surface area (Å²) in [6.07, 6.45) is 2.12. The molecule has 2 aromatic heterocycles. The normalized spacial score (nSPS) is 13.7. The lowest BCUT2D eigenvalue weighted by atomic mass is 9.81. The zero-order valence-corrected chi connectivity index (χ0v) is 19.4. The van der Waals surface area contributed by atoms with E-state index < -0.39 is 0 Å². The molecule has 0 aliphatic carbocycles. The maximum atomic E-state index is 5.05. The summed E-state index contributed by atoms with van der Waals surface area (Å²) in [7, 11) is 0. The number of fused-ring (bicyclic) bond motifs is 5. The summed E-state index contributed by atoms with van der Waals surface area (Å²) in [5, 5.41) is 8.86. The highest BCUT2D eigenvalue weighted by Gasteiger charge is 2.24. The van der Waals surface area contributed by atoms with Crippen LogP contribution in [0.5, 0.6) is 0 Å². The van der Waals surface area contributed by atoms with Crippen LogP contribution in [0, 0.1) is 0 Å². The fourth-order valence-electron chi connectivity index (χ4n) is 4.15. The van der Waals surface area contributed by atoms with Crippen LogP contribution >= 0.6 is 0 Å². The molecule has 0 radical (unpaired) electrons. The molecule has 4 aromatic rings. The van der Waals surface area contributed by atoms with E-state index in [-0.39, 0.29) is 16.2 Å². The maximum Gasteiger partial charge on any atom is 0.101 e. The van der Waals surface area contributed by atoms with Gasteiger partial charge < -0.3 is 0 Å². The van der Waals surface area contributed by atoms with Crippen LogP contribution < -0.4 is 0 Å². The van der Waals surface area contributed by atoms with E-state index in [2.05, 4.69) is 109 Å². The van der Waals surface area contributed by atoms with Crippen molar-refractivity contribution in [2.24, 2.45) is 0 Å². The van der Waals surface area contributed by atoms with Gasteiger partial charge in [-0.05, 0) is 56.5 Å². The molecule has 0 saturated carbocycles. The summed E-state index contributed by atoms with van der Waals surface area (Å²) in [4.78, 5) is 0. The first-order valence-electron chi connectivity index (χ1n) is 10.7. The summed E-state index contributed by atoms with van der Waals surface area (Å²) in [5.74, 6) is 0. The highest BCUT2D eigenvalue weighted by molar-refractivity contribution is 6.13. The van der Waals surface area contributed by atoms with E-state index in [0.29, 0.717) is 0 Å². The largest absolute Gasteiger partial charge is 0.240 e. The van der Waals surface area contributed by atoms with Gasteiger partial charge in [0.2, 0.25) is 0 Å². The number of pyridine rings is 1. The molecule has 0 N–H and O–H groups in total. The Morgan fingerprint density at radius 2 is 1.31 bits per heavy atom. The number of aromatic nitrogens is 2. The summed E-state index contributed by atoms with van der Waals surface area (Å²) in [5.41, 5.74) is 6.67. The third-order valence-corrected chi connectivity index (χ3v) is 6.05. The van der Waals surface area contributed by atoms with E-state index in [1.165, 1.54) is 38.4 Å². The zero-order valence-electron chi connectivity index (χ0n) is 19.4. The molecule has 2 heteroatoms. The van der Waals surface area contributed by atoms with E-state index in [1.54, 1.807) is 0 Å². The molecule has 0 saturated heterocycles. The van der Waals surface area contributed by atoms with Gasteiger partial charge in [0.05, 0.1) is 5.52 Å². The van der Waals surface area contributed by atoms with Crippen LogP contribution in [0.3, 0.4) is 0 Å². The Bertz CT molecular complexity index is 1240. The van der Waals surface area contributed by atoms with Crippen molar-refractivity contribution in [1.82, 2.24) is 9.61 Å². The zero-order chi connectivity index (χ0) is 21.4. The molecule has 2 heterocycles. The van der Waals surface area contributed by atoms with Gasteiger partial charge in [-0.15, -0.1) is 0 Å². The number of hydrogen-bond donors (Lipinski definition) is 0. The van der Waals surface area contributed by atoms with Gasteiger partial charge in [0, 0.05) is 17.0 Å². The number of nitrogens with zero attached hydrogens (tertiary/aromatic N) is 2. The molecule has 0 atom stereocenters. The Morgan fingerprint density at radius 3 is 1.90 bits per heavy atom. The molecule has 29 heavy (non-hydrogen) atoms. The van der Waals surface area contributed by atoms with Crippen molar-refractivity contribution in [3.8, 4) is 0 Å². The standard InChI is InChI=1S/C27H34N2/c1-25(2,3)18-10-11-20-17(14-18)15-21(27(7,8)9)23-22-16-19(26(4,5)6)12-13-29(22)28-24(20)23/h10-16H,1-9H3. The average Bonchev–Trinajstić information content (AvgIpc) is 2.97. The fraction of sp³-hybridized carbons (Fsp3) is 0.444. The monoisotopic (exact) mass is 386 g/mol. The summed E-state index contributed by atoms with van der Waals surface area (Å²) in [6, 6.07) is 13.8. The van der Waals surface area contributed by atoms with Crippen molar-refractivity contribution in [2.75, 3.05) is 0 Å². The second kappa shape index (κ2) is 6.08. The molecule has 0 aliphatic rings. The quantitative estimate of drug-likeness (QED) is 0.305. The van der Waals surface area contributed by atoms with Crippen molar-refractivity contribution >= 4 is 27.2 Å². The van der Waals surface area contributed by atoms with Gasteiger partial charge in [0.1, 0.15) is 5.52 Å². The molecule has 152 valence electrons. The van der Waals surface area contributed by atoms with Crippen LogP contribution in [0.25, 0.3) is 27.2 Å². The van der Waals surface area contributed by atoms with Crippen LogP contribution in [-0.2, 0) is 16.2 Å². The molecule has 0 aliphatic heterocycles. The lowest BCUT2D eigenvalue weighted by molar-refractivity contribution is 0.589.